The molecule has 92 valence electrons. The van der Waals surface area contributed by atoms with Crippen LogP contribution in [0.1, 0.15) is 19.3 Å². The lowest BCUT2D eigenvalue weighted by atomic mass is 9.99. The van der Waals surface area contributed by atoms with E-state index in [1.165, 1.54) is 31.9 Å². The molecule has 1 aromatic heterocycles. The Balaban J connectivity index is 1.73. The number of aromatic nitrogens is 1. The van der Waals surface area contributed by atoms with Crippen LogP contribution in [0.5, 0.6) is 0 Å². The number of fused-ring (bicyclic) bond motifs is 1. The number of anilines is 1. The SMILES string of the molecule is Fc1cccc(N2CCN3CCCCC3C2)n1. The van der Waals surface area contributed by atoms with Gasteiger partial charge in [-0.15, -0.1) is 0 Å². The molecule has 1 unspecified atom stereocenters. The van der Waals surface area contributed by atoms with Crippen molar-refractivity contribution in [1.29, 1.82) is 0 Å². The van der Waals surface area contributed by atoms with Crippen molar-refractivity contribution in [3.05, 3.63) is 24.1 Å². The zero-order chi connectivity index (χ0) is 11.7. The van der Waals surface area contributed by atoms with Crippen LogP contribution in [0.25, 0.3) is 0 Å². The van der Waals surface area contributed by atoms with E-state index in [4.69, 9.17) is 0 Å². The second kappa shape index (κ2) is 4.61. The first kappa shape index (κ1) is 11.0. The molecule has 0 N–H and O–H groups in total. The fraction of sp³-hybridized carbons (Fsp3) is 0.615. The summed E-state index contributed by atoms with van der Waals surface area (Å²) in [7, 11) is 0. The Morgan fingerprint density at radius 1 is 1.18 bits per heavy atom. The van der Waals surface area contributed by atoms with Crippen molar-refractivity contribution in [3.8, 4) is 0 Å². The van der Waals surface area contributed by atoms with Crippen molar-refractivity contribution >= 4 is 5.82 Å². The van der Waals surface area contributed by atoms with Gasteiger partial charge in [-0.3, -0.25) is 4.90 Å². The van der Waals surface area contributed by atoms with Gasteiger partial charge >= 0.3 is 0 Å². The summed E-state index contributed by atoms with van der Waals surface area (Å²) in [5.41, 5.74) is 0. The number of nitrogens with zero attached hydrogens (tertiary/aromatic N) is 3. The van der Waals surface area contributed by atoms with Gasteiger partial charge in [0.15, 0.2) is 0 Å². The summed E-state index contributed by atoms with van der Waals surface area (Å²) in [6.45, 7) is 4.28. The minimum absolute atomic E-state index is 0.381. The van der Waals surface area contributed by atoms with Crippen molar-refractivity contribution in [2.24, 2.45) is 0 Å². The molecular formula is C13H18FN3. The number of hydrogen-bond acceptors (Lipinski definition) is 3. The van der Waals surface area contributed by atoms with Crippen molar-refractivity contribution < 1.29 is 4.39 Å². The van der Waals surface area contributed by atoms with Gasteiger partial charge in [-0.1, -0.05) is 12.5 Å². The van der Waals surface area contributed by atoms with Crippen LogP contribution in [0.4, 0.5) is 10.2 Å². The highest BCUT2D eigenvalue weighted by molar-refractivity contribution is 5.39. The molecule has 2 aliphatic heterocycles. The van der Waals surface area contributed by atoms with Crippen molar-refractivity contribution in [1.82, 2.24) is 9.88 Å². The third-order valence-corrected chi connectivity index (χ3v) is 3.86. The lowest BCUT2D eigenvalue weighted by Crippen LogP contribution is -2.55. The van der Waals surface area contributed by atoms with Crippen LogP contribution in [-0.4, -0.2) is 42.1 Å². The van der Waals surface area contributed by atoms with Gasteiger partial charge in [-0.2, -0.15) is 4.39 Å². The van der Waals surface area contributed by atoms with Gasteiger partial charge < -0.3 is 4.90 Å². The van der Waals surface area contributed by atoms with Gasteiger partial charge in [0.1, 0.15) is 5.82 Å². The third-order valence-electron chi connectivity index (χ3n) is 3.86. The number of pyridine rings is 1. The molecule has 2 fully saturated rings. The van der Waals surface area contributed by atoms with E-state index in [1.807, 2.05) is 6.07 Å². The van der Waals surface area contributed by atoms with Gasteiger partial charge in [0.05, 0.1) is 0 Å². The fourth-order valence-corrected chi connectivity index (χ4v) is 2.94. The highest BCUT2D eigenvalue weighted by Crippen LogP contribution is 2.23. The Morgan fingerprint density at radius 2 is 2.12 bits per heavy atom. The Morgan fingerprint density at radius 3 is 3.00 bits per heavy atom. The maximum Gasteiger partial charge on any atom is 0.214 e. The molecule has 3 rings (SSSR count). The van der Waals surface area contributed by atoms with Crippen LogP contribution in [0.3, 0.4) is 0 Å². The molecule has 1 atom stereocenters. The summed E-state index contributed by atoms with van der Waals surface area (Å²) < 4.78 is 13.1. The van der Waals surface area contributed by atoms with Crippen LogP contribution in [0, 0.1) is 5.95 Å². The van der Waals surface area contributed by atoms with Crippen LogP contribution < -0.4 is 4.90 Å². The van der Waals surface area contributed by atoms with Crippen molar-refractivity contribution in [2.75, 3.05) is 31.1 Å². The summed E-state index contributed by atoms with van der Waals surface area (Å²) in [6, 6.07) is 5.69. The van der Waals surface area contributed by atoms with Gasteiger partial charge in [0.25, 0.3) is 0 Å². The molecule has 0 radical (unpaired) electrons. The zero-order valence-corrected chi connectivity index (χ0v) is 9.98. The van der Waals surface area contributed by atoms with E-state index >= 15 is 0 Å². The van der Waals surface area contributed by atoms with Crippen LogP contribution in [0.2, 0.25) is 0 Å². The first-order valence-electron chi connectivity index (χ1n) is 6.44. The average Bonchev–Trinajstić information content (AvgIpc) is 2.38. The van der Waals surface area contributed by atoms with E-state index in [9.17, 15) is 4.39 Å². The van der Waals surface area contributed by atoms with Crippen LogP contribution in [-0.2, 0) is 0 Å². The smallest absolute Gasteiger partial charge is 0.214 e. The van der Waals surface area contributed by atoms with E-state index in [0.717, 1.165) is 25.5 Å². The first-order valence-corrected chi connectivity index (χ1v) is 6.44. The molecule has 0 aliphatic carbocycles. The molecule has 2 aliphatic rings. The monoisotopic (exact) mass is 235 g/mol. The highest BCUT2D eigenvalue weighted by atomic mass is 19.1. The first-order chi connectivity index (χ1) is 8.33. The molecular weight excluding hydrogens is 217 g/mol. The Bertz CT molecular complexity index is 396. The number of hydrogen-bond donors (Lipinski definition) is 0. The predicted molar refractivity (Wildman–Crippen MR) is 65.6 cm³/mol. The molecule has 17 heavy (non-hydrogen) atoms. The predicted octanol–water partition coefficient (Wildman–Crippen LogP) is 1.90. The largest absolute Gasteiger partial charge is 0.354 e. The number of rotatable bonds is 1. The standard InChI is InChI=1S/C13H18FN3/c14-12-5-3-6-13(15-12)17-9-8-16-7-2-1-4-11(16)10-17/h3,5-6,11H,1-2,4,7-10H2. The quantitative estimate of drug-likeness (QED) is 0.693. The molecule has 0 bridgehead atoms. The summed E-state index contributed by atoms with van der Waals surface area (Å²) in [5.74, 6) is 0.406. The van der Waals surface area contributed by atoms with Gasteiger partial charge in [0.2, 0.25) is 5.95 Å². The minimum atomic E-state index is -0.381. The van der Waals surface area contributed by atoms with Crippen molar-refractivity contribution in [3.63, 3.8) is 0 Å². The number of piperidine rings is 1. The molecule has 2 saturated heterocycles. The van der Waals surface area contributed by atoms with E-state index in [-0.39, 0.29) is 5.95 Å². The third kappa shape index (κ3) is 2.27. The maximum absolute atomic E-state index is 13.1. The molecule has 0 aromatic carbocycles. The van der Waals surface area contributed by atoms with Crippen LogP contribution >= 0.6 is 0 Å². The Hall–Kier alpha value is -1.16. The molecule has 0 saturated carbocycles. The minimum Gasteiger partial charge on any atom is -0.354 e. The van der Waals surface area contributed by atoms with Gasteiger partial charge in [0, 0.05) is 25.7 Å². The maximum atomic E-state index is 13.1. The molecule has 1 aromatic rings. The Labute approximate surface area is 101 Å². The Kier molecular flexibility index (Phi) is 2.97. The summed E-state index contributed by atoms with van der Waals surface area (Å²) in [4.78, 5) is 8.76. The second-order valence-electron chi connectivity index (χ2n) is 4.95. The van der Waals surface area contributed by atoms with Crippen molar-refractivity contribution in [2.45, 2.75) is 25.3 Å². The van der Waals surface area contributed by atoms with Crippen LogP contribution in [0.15, 0.2) is 18.2 Å². The lowest BCUT2D eigenvalue weighted by molar-refractivity contribution is 0.133. The number of halogens is 1. The van der Waals surface area contributed by atoms with E-state index in [1.54, 1.807) is 6.07 Å². The highest BCUT2D eigenvalue weighted by Gasteiger charge is 2.29. The molecule has 0 amide bonds. The molecule has 3 heterocycles. The topological polar surface area (TPSA) is 19.4 Å². The van der Waals surface area contributed by atoms with Gasteiger partial charge in [-0.25, -0.2) is 4.98 Å². The fourth-order valence-electron chi connectivity index (χ4n) is 2.94. The lowest BCUT2D eigenvalue weighted by Gasteiger charge is -2.44. The summed E-state index contributed by atoms with van der Waals surface area (Å²) >= 11 is 0. The normalized spacial score (nSPS) is 25.7. The molecule has 3 nitrogen and oxygen atoms in total. The summed E-state index contributed by atoms with van der Waals surface area (Å²) in [6.07, 6.45) is 3.92. The molecule has 4 heteroatoms. The average molecular weight is 235 g/mol. The van der Waals surface area contributed by atoms with E-state index < -0.39 is 0 Å². The van der Waals surface area contributed by atoms with E-state index in [2.05, 4.69) is 14.8 Å². The van der Waals surface area contributed by atoms with E-state index in [0.29, 0.717) is 6.04 Å². The summed E-state index contributed by atoms with van der Waals surface area (Å²) in [5, 5.41) is 0. The van der Waals surface area contributed by atoms with Gasteiger partial charge in [-0.05, 0) is 31.5 Å². The second-order valence-corrected chi connectivity index (χ2v) is 4.95. The zero-order valence-electron chi connectivity index (χ0n) is 9.98. The molecule has 0 spiro atoms. The number of piperazine rings is 1.